The van der Waals surface area contributed by atoms with Gasteiger partial charge in [-0.3, -0.25) is 14.9 Å². The van der Waals surface area contributed by atoms with E-state index in [4.69, 9.17) is 11.0 Å². The van der Waals surface area contributed by atoms with E-state index in [2.05, 4.69) is 10.6 Å². The maximum atomic E-state index is 11.6. The molecule has 0 spiro atoms. The Morgan fingerprint density at radius 3 is 2.89 bits per heavy atom. The quantitative estimate of drug-likeness (QED) is 0.514. The molecule has 0 radical (unpaired) electrons. The van der Waals surface area contributed by atoms with Crippen LogP contribution in [0.2, 0.25) is 0 Å². The van der Waals surface area contributed by atoms with E-state index in [1.54, 1.807) is 18.2 Å². The lowest BCUT2D eigenvalue weighted by Crippen LogP contribution is -2.47. The number of amides is 2. The minimum absolute atomic E-state index is 0.267. The van der Waals surface area contributed by atoms with Crippen molar-refractivity contribution in [1.82, 2.24) is 5.32 Å². The molecule has 1 aromatic carbocycles. The van der Waals surface area contributed by atoms with Gasteiger partial charge >= 0.3 is 0 Å². The zero-order valence-corrected chi connectivity index (χ0v) is 9.56. The van der Waals surface area contributed by atoms with Crippen molar-refractivity contribution in [3.63, 3.8) is 0 Å². The number of hydrogen-bond acceptors (Lipinski definition) is 5. The lowest BCUT2D eigenvalue weighted by atomic mass is 10.1. The molecule has 1 aliphatic heterocycles. The number of imide groups is 1. The van der Waals surface area contributed by atoms with E-state index in [0.717, 1.165) is 0 Å². The van der Waals surface area contributed by atoms with Crippen LogP contribution in [-0.4, -0.2) is 17.9 Å². The molecule has 1 fully saturated rings. The fourth-order valence-corrected chi connectivity index (χ4v) is 1.77. The van der Waals surface area contributed by atoms with Crippen LogP contribution in [0.1, 0.15) is 18.4 Å². The Labute approximate surface area is 104 Å². The first-order valence-corrected chi connectivity index (χ1v) is 5.50. The third kappa shape index (κ3) is 2.40. The number of nitrogens with zero attached hydrogens (tertiary/aromatic N) is 1. The highest BCUT2D eigenvalue weighted by molar-refractivity contribution is 6.01. The zero-order valence-electron chi connectivity index (χ0n) is 9.56. The summed E-state index contributed by atoms with van der Waals surface area (Å²) >= 11 is 0. The Morgan fingerprint density at radius 2 is 2.22 bits per heavy atom. The molecule has 1 atom stereocenters. The molecule has 1 aromatic rings. The molecular formula is C12H12N4O2. The molecule has 6 nitrogen and oxygen atoms in total. The van der Waals surface area contributed by atoms with Gasteiger partial charge < -0.3 is 11.1 Å². The second-order valence-electron chi connectivity index (χ2n) is 4.06. The number of nitriles is 1. The van der Waals surface area contributed by atoms with E-state index in [0.29, 0.717) is 29.8 Å². The zero-order chi connectivity index (χ0) is 13.1. The number of piperidine rings is 1. The fourth-order valence-electron chi connectivity index (χ4n) is 1.77. The van der Waals surface area contributed by atoms with Gasteiger partial charge in [-0.25, -0.2) is 0 Å². The summed E-state index contributed by atoms with van der Waals surface area (Å²) in [4.78, 5) is 22.6. The highest BCUT2D eigenvalue weighted by Gasteiger charge is 2.26. The van der Waals surface area contributed by atoms with Crippen LogP contribution in [0.15, 0.2) is 18.2 Å². The average molecular weight is 244 g/mol. The van der Waals surface area contributed by atoms with Crippen molar-refractivity contribution in [3.05, 3.63) is 23.8 Å². The van der Waals surface area contributed by atoms with Crippen molar-refractivity contribution in [2.45, 2.75) is 18.9 Å². The van der Waals surface area contributed by atoms with Crippen LogP contribution in [0.25, 0.3) is 0 Å². The summed E-state index contributed by atoms with van der Waals surface area (Å²) in [6.45, 7) is 0. The molecule has 92 valence electrons. The average Bonchev–Trinajstić information content (AvgIpc) is 2.35. The Balaban J connectivity index is 2.16. The van der Waals surface area contributed by atoms with Gasteiger partial charge in [-0.15, -0.1) is 0 Å². The molecule has 2 rings (SSSR count). The summed E-state index contributed by atoms with van der Waals surface area (Å²) in [5.74, 6) is -0.634. The highest BCUT2D eigenvalue weighted by atomic mass is 16.2. The van der Waals surface area contributed by atoms with Crippen molar-refractivity contribution in [2.24, 2.45) is 0 Å². The normalized spacial score (nSPS) is 18.9. The summed E-state index contributed by atoms with van der Waals surface area (Å²) in [5, 5.41) is 14.0. The molecule has 0 bridgehead atoms. The minimum atomic E-state index is -0.501. The summed E-state index contributed by atoms with van der Waals surface area (Å²) in [6, 6.07) is 6.29. The predicted molar refractivity (Wildman–Crippen MR) is 65.4 cm³/mol. The Bertz CT molecular complexity index is 547. The lowest BCUT2D eigenvalue weighted by Gasteiger charge is -2.23. The van der Waals surface area contributed by atoms with Crippen LogP contribution < -0.4 is 16.4 Å². The van der Waals surface area contributed by atoms with Crippen LogP contribution in [0.5, 0.6) is 0 Å². The largest absolute Gasteiger partial charge is 0.397 e. The van der Waals surface area contributed by atoms with Crippen molar-refractivity contribution in [1.29, 1.82) is 5.26 Å². The Kier molecular flexibility index (Phi) is 3.15. The van der Waals surface area contributed by atoms with Crippen molar-refractivity contribution in [3.8, 4) is 6.07 Å². The maximum absolute atomic E-state index is 11.6. The van der Waals surface area contributed by atoms with E-state index in [-0.39, 0.29) is 11.8 Å². The van der Waals surface area contributed by atoms with E-state index >= 15 is 0 Å². The molecule has 4 N–H and O–H groups in total. The van der Waals surface area contributed by atoms with Gasteiger partial charge in [0.2, 0.25) is 11.8 Å². The molecule has 1 unspecified atom stereocenters. The van der Waals surface area contributed by atoms with E-state index in [9.17, 15) is 9.59 Å². The van der Waals surface area contributed by atoms with Gasteiger partial charge in [-0.05, 0) is 24.6 Å². The number of nitrogen functional groups attached to an aromatic ring is 1. The van der Waals surface area contributed by atoms with E-state index < -0.39 is 6.04 Å². The standard InChI is InChI=1S/C12H12N4O2/c13-6-7-1-2-8(14)10(5-7)15-9-3-4-11(17)16-12(9)18/h1-2,5,9,15H,3-4,14H2,(H,16,17,18). The fraction of sp³-hybridized carbons (Fsp3) is 0.250. The summed E-state index contributed by atoms with van der Waals surface area (Å²) in [7, 11) is 0. The topological polar surface area (TPSA) is 108 Å². The van der Waals surface area contributed by atoms with Crippen LogP contribution in [0.4, 0.5) is 11.4 Å². The number of anilines is 2. The van der Waals surface area contributed by atoms with Crippen molar-refractivity contribution >= 4 is 23.2 Å². The summed E-state index contributed by atoms with van der Waals surface area (Å²) < 4.78 is 0. The molecule has 1 aliphatic rings. The van der Waals surface area contributed by atoms with E-state index in [1.807, 2.05) is 6.07 Å². The third-order valence-corrected chi connectivity index (χ3v) is 2.75. The van der Waals surface area contributed by atoms with Gasteiger partial charge in [0.1, 0.15) is 6.04 Å². The van der Waals surface area contributed by atoms with Crippen molar-refractivity contribution in [2.75, 3.05) is 11.1 Å². The Morgan fingerprint density at radius 1 is 1.44 bits per heavy atom. The van der Waals surface area contributed by atoms with Gasteiger partial charge in [-0.2, -0.15) is 5.26 Å². The molecule has 0 aliphatic carbocycles. The first-order chi connectivity index (χ1) is 8.60. The van der Waals surface area contributed by atoms with Gasteiger partial charge in [0.05, 0.1) is 23.0 Å². The number of carbonyl (C=O) groups excluding carboxylic acids is 2. The smallest absolute Gasteiger partial charge is 0.249 e. The number of nitrogens with two attached hydrogens (primary N) is 1. The summed E-state index contributed by atoms with van der Waals surface area (Å²) in [6.07, 6.45) is 0.710. The maximum Gasteiger partial charge on any atom is 0.249 e. The van der Waals surface area contributed by atoms with Crippen LogP contribution in [0.3, 0.4) is 0 Å². The molecule has 1 heterocycles. The highest BCUT2D eigenvalue weighted by Crippen LogP contribution is 2.22. The molecular weight excluding hydrogens is 232 g/mol. The molecule has 6 heteroatoms. The molecule has 1 saturated heterocycles. The molecule has 0 saturated carbocycles. The SMILES string of the molecule is N#Cc1ccc(N)c(NC2CCC(=O)NC2=O)c1. The number of rotatable bonds is 2. The summed E-state index contributed by atoms with van der Waals surface area (Å²) in [5.41, 5.74) is 7.21. The first kappa shape index (κ1) is 11.9. The monoisotopic (exact) mass is 244 g/mol. The second-order valence-corrected chi connectivity index (χ2v) is 4.06. The Hall–Kier alpha value is -2.55. The number of nitrogens with one attached hydrogen (secondary N) is 2. The van der Waals surface area contributed by atoms with E-state index in [1.165, 1.54) is 0 Å². The van der Waals surface area contributed by atoms with Gasteiger partial charge in [0, 0.05) is 6.42 Å². The predicted octanol–water partition coefficient (Wildman–Crippen LogP) is 0.358. The van der Waals surface area contributed by atoms with Crippen LogP contribution >= 0.6 is 0 Å². The third-order valence-electron chi connectivity index (χ3n) is 2.75. The number of carbonyl (C=O) groups is 2. The lowest BCUT2D eigenvalue weighted by molar-refractivity contribution is -0.133. The molecule has 18 heavy (non-hydrogen) atoms. The van der Waals surface area contributed by atoms with Gasteiger partial charge in [0.25, 0.3) is 0 Å². The first-order valence-electron chi connectivity index (χ1n) is 5.50. The van der Waals surface area contributed by atoms with Crippen molar-refractivity contribution < 1.29 is 9.59 Å². The van der Waals surface area contributed by atoms with Crippen LogP contribution in [-0.2, 0) is 9.59 Å². The van der Waals surface area contributed by atoms with Gasteiger partial charge in [-0.1, -0.05) is 0 Å². The van der Waals surface area contributed by atoms with Crippen LogP contribution in [0, 0.1) is 11.3 Å². The molecule has 0 aromatic heterocycles. The minimum Gasteiger partial charge on any atom is -0.397 e. The molecule has 2 amide bonds. The number of benzene rings is 1. The second kappa shape index (κ2) is 4.75. The van der Waals surface area contributed by atoms with Gasteiger partial charge in [0.15, 0.2) is 0 Å². The number of hydrogen-bond donors (Lipinski definition) is 3.